The minimum atomic E-state index is -1.05. The molecule has 10 rings (SSSR count). The number of nitrogens with zero attached hydrogens (tertiary/aromatic N) is 10. The van der Waals surface area contributed by atoms with E-state index in [4.69, 9.17) is 20.2 Å². The number of Topliss-reactive ketones (excluding diaryl/α,β-unsaturated/α-hetero) is 2. The first-order valence-corrected chi connectivity index (χ1v) is 25.5. The normalized spacial score (nSPS) is 21.4. The second kappa shape index (κ2) is 28.1. The van der Waals surface area contributed by atoms with Crippen LogP contribution in [0.4, 0.5) is 11.9 Å². The van der Waals surface area contributed by atoms with Crippen molar-refractivity contribution in [2.75, 3.05) is 88.5 Å². The van der Waals surface area contributed by atoms with Gasteiger partial charge in [0.1, 0.15) is 23.1 Å². The van der Waals surface area contributed by atoms with Crippen molar-refractivity contribution in [2.24, 2.45) is 17.6 Å². The molecular formula is C52H70ClN12NaO7. The summed E-state index contributed by atoms with van der Waals surface area (Å²) in [6.45, 7) is 10.7. The Kier molecular flexibility index (Phi) is 22.1. The van der Waals surface area contributed by atoms with Crippen LogP contribution in [0.1, 0.15) is 89.2 Å². The second-order valence-corrected chi connectivity index (χ2v) is 19.8. The fourth-order valence-corrected chi connectivity index (χ4v) is 10.5. The summed E-state index contributed by atoms with van der Waals surface area (Å²) in [4.78, 5) is 63.0. The van der Waals surface area contributed by atoms with Crippen LogP contribution in [0.2, 0.25) is 0 Å². The van der Waals surface area contributed by atoms with Crippen molar-refractivity contribution in [2.45, 2.75) is 103 Å². The third-order valence-corrected chi connectivity index (χ3v) is 14.4. The van der Waals surface area contributed by atoms with Gasteiger partial charge in [0.15, 0.2) is 0 Å². The molecule has 0 spiro atoms. The summed E-state index contributed by atoms with van der Waals surface area (Å²) in [7, 11) is 0. The third kappa shape index (κ3) is 16.6. The predicted molar refractivity (Wildman–Crippen MR) is 273 cm³/mol. The number of halogens is 1. The number of nitrogens with two attached hydrogens (primary N) is 1. The zero-order valence-electron chi connectivity index (χ0n) is 42.7. The van der Waals surface area contributed by atoms with Crippen molar-refractivity contribution >= 4 is 47.7 Å². The molecule has 3 N–H and O–H groups in total. The fourth-order valence-electron chi connectivity index (χ4n) is 10.5. The number of rotatable bonds is 13. The number of carbonyl (C=O) groups is 4. The number of benzene rings is 2. The van der Waals surface area contributed by atoms with Gasteiger partial charge < -0.3 is 49.8 Å². The number of ether oxygens (including phenoxy) is 2. The molecule has 388 valence electrons. The van der Waals surface area contributed by atoms with Gasteiger partial charge in [0.25, 0.3) is 0 Å². The Hall–Kier alpha value is -4.89. The molecule has 0 atom stereocenters. The predicted octanol–water partition coefficient (Wildman–Crippen LogP) is 0.504. The summed E-state index contributed by atoms with van der Waals surface area (Å²) in [6, 6.07) is 12.8. The minimum absolute atomic E-state index is 0. The Bertz CT molecular complexity index is 2460. The number of carboxylic acids is 1. The SMILES string of the molecule is CC(=O)CC1CCC(N)CC1.CC(=O)CC1CCC(NC(=O)CN2CCN(c3nncc(-c4cccc5c4OCC5)n3)CC2)CC1.Cl.O=C([O-])CN1CCN(c2nncc(-c3cccc4c3OCC4)n2)CC1.[Na+]. The zero-order chi connectivity index (χ0) is 49.7. The van der Waals surface area contributed by atoms with E-state index in [1.54, 1.807) is 26.2 Å². The van der Waals surface area contributed by atoms with Crippen LogP contribution in [0, 0.1) is 11.8 Å². The van der Waals surface area contributed by atoms with E-state index in [0.717, 1.165) is 131 Å². The van der Waals surface area contributed by atoms with E-state index in [0.29, 0.717) is 87.9 Å². The quantitative estimate of drug-likeness (QED) is 0.174. The summed E-state index contributed by atoms with van der Waals surface area (Å²) < 4.78 is 11.6. The van der Waals surface area contributed by atoms with Crippen molar-refractivity contribution < 1.29 is 63.3 Å². The molecule has 2 saturated carbocycles. The standard InChI is InChI=1S/C26H34N6O3.C17H19N5O3.C9H17NO.ClH.Na/c1-18(33)15-19-5-7-21(8-6-19)28-24(34)17-31-10-12-32(13-11-31)26-29-23(16-27-30-26)22-4-2-3-20-9-14-35-25(20)22;23-15(24)11-21-5-7-22(8-6-21)17-19-14(10-18-20-17)13-3-1-2-12-4-9-25-16(12)13;1-7(11)6-8-2-4-9(10)5-3-8;;/h2-4,16,19,21H,5-15,17H2,1H3,(H,28,34);1-3,10H,4-9,11H2,(H,23,24);8-9H,2-6,10H2,1H3;1H;/q;;;;+1/p-1. The van der Waals surface area contributed by atoms with Crippen molar-refractivity contribution in [3.63, 3.8) is 0 Å². The maximum absolute atomic E-state index is 12.6. The number of amides is 1. The molecule has 1 amide bonds. The monoisotopic (exact) mass is 1030 g/mol. The van der Waals surface area contributed by atoms with Crippen LogP contribution >= 0.6 is 12.4 Å². The van der Waals surface area contributed by atoms with E-state index in [1.807, 2.05) is 34.1 Å². The van der Waals surface area contributed by atoms with Crippen molar-refractivity contribution in [1.82, 2.24) is 45.5 Å². The number of para-hydroxylation sites is 2. The molecule has 6 heterocycles. The van der Waals surface area contributed by atoms with Crippen LogP contribution < -0.4 is 65.0 Å². The Morgan fingerprint density at radius 2 is 1.08 bits per heavy atom. The van der Waals surface area contributed by atoms with Crippen LogP contribution in [-0.2, 0) is 32.0 Å². The van der Waals surface area contributed by atoms with E-state index in [9.17, 15) is 24.3 Å². The molecule has 4 aliphatic heterocycles. The number of aromatic nitrogens is 6. The number of carbonyl (C=O) groups excluding carboxylic acids is 4. The van der Waals surface area contributed by atoms with Gasteiger partial charge in [-0.05, 0) is 100 Å². The van der Waals surface area contributed by atoms with E-state index in [-0.39, 0.29) is 66.2 Å². The molecule has 2 aromatic heterocycles. The third-order valence-electron chi connectivity index (χ3n) is 14.4. The van der Waals surface area contributed by atoms with Gasteiger partial charge >= 0.3 is 29.6 Å². The molecule has 2 saturated heterocycles. The van der Waals surface area contributed by atoms with Gasteiger partial charge in [-0.15, -0.1) is 22.6 Å². The molecule has 0 bridgehead atoms. The van der Waals surface area contributed by atoms with Crippen LogP contribution in [0.5, 0.6) is 11.5 Å². The average molecular weight is 1030 g/mol. The number of ketones is 2. The molecule has 2 aliphatic carbocycles. The Morgan fingerprint density at radius 3 is 1.52 bits per heavy atom. The van der Waals surface area contributed by atoms with Gasteiger partial charge in [-0.2, -0.15) is 10.2 Å². The number of aliphatic carboxylic acids is 1. The van der Waals surface area contributed by atoms with E-state index >= 15 is 0 Å². The zero-order valence-corrected chi connectivity index (χ0v) is 45.5. The van der Waals surface area contributed by atoms with Gasteiger partial charge in [0.05, 0.1) is 49.5 Å². The summed E-state index contributed by atoms with van der Waals surface area (Å²) in [6.07, 6.45) is 15.1. The number of fused-ring (bicyclic) bond motifs is 2. The molecule has 0 unspecified atom stereocenters. The molecule has 4 fully saturated rings. The van der Waals surface area contributed by atoms with E-state index in [1.165, 1.54) is 11.1 Å². The Labute approximate surface area is 456 Å². The van der Waals surface area contributed by atoms with Crippen LogP contribution in [-0.4, -0.2) is 154 Å². The molecular weight excluding hydrogens is 963 g/mol. The van der Waals surface area contributed by atoms with Gasteiger partial charge in [-0.1, -0.05) is 24.3 Å². The minimum Gasteiger partial charge on any atom is -0.549 e. The maximum atomic E-state index is 12.6. The van der Waals surface area contributed by atoms with Gasteiger partial charge in [-0.3, -0.25) is 14.6 Å². The topological polar surface area (TPSA) is 238 Å². The smallest absolute Gasteiger partial charge is 0.549 e. The van der Waals surface area contributed by atoms with Crippen molar-refractivity contribution in [1.29, 1.82) is 0 Å². The molecule has 21 heteroatoms. The number of nitrogens with one attached hydrogen (secondary N) is 1. The first-order valence-electron chi connectivity index (χ1n) is 25.5. The summed E-state index contributed by atoms with van der Waals surface area (Å²) >= 11 is 0. The number of anilines is 2. The largest absolute Gasteiger partial charge is 1.00 e. The van der Waals surface area contributed by atoms with Gasteiger partial charge in [0.2, 0.25) is 17.8 Å². The molecule has 73 heavy (non-hydrogen) atoms. The number of piperazine rings is 2. The Balaban J connectivity index is 0.000000199. The van der Waals surface area contributed by atoms with Crippen molar-refractivity contribution in [3.05, 3.63) is 59.9 Å². The first kappa shape index (κ1) is 57.4. The average Bonchev–Trinajstić information content (AvgIpc) is 4.07. The van der Waals surface area contributed by atoms with E-state index in [2.05, 4.69) is 52.6 Å². The number of hydrogen-bond acceptors (Lipinski definition) is 18. The summed E-state index contributed by atoms with van der Waals surface area (Å²) in [5.74, 6) is 3.71. The van der Waals surface area contributed by atoms with Crippen LogP contribution in [0.15, 0.2) is 48.8 Å². The van der Waals surface area contributed by atoms with Gasteiger partial charge in [-0.25, -0.2) is 9.97 Å². The molecule has 0 radical (unpaired) electrons. The van der Waals surface area contributed by atoms with Crippen LogP contribution in [0.25, 0.3) is 22.5 Å². The van der Waals surface area contributed by atoms with E-state index < -0.39 is 5.97 Å². The Morgan fingerprint density at radius 1 is 0.644 bits per heavy atom. The number of hydrogen-bond donors (Lipinski definition) is 2. The summed E-state index contributed by atoms with van der Waals surface area (Å²) in [5, 5.41) is 30.6. The van der Waals surface area contributed by atoms with Crippen molar-refractivity contribution in [3.8, 4) is 34.0 Å². The molecule has 19 nitrogen and oxygen atoms in total. The second-order valence-electron chi connectivity index (χ2n) is 19.8. The number of carboxylic acid groups (broad SMARTS) is 1. The first-order chi connectivity index (χ1) is 34.4. The van der Waals surface area contributed by atoms with Gasteiger partial charge in [0, 0.05) is 108 Å². The summed E-state index contributed by atoms with van der Waals surface area (Å²) in [5.41, 5.74) is 11.5. The maximum Gasteiger partial charge on any atom is 1.00 e. The molecule has 4 aromatic rings. The fraction of sp³-hybridized carbons (Fsp3) is 0.577. The molecule has 6 aliphatic rings. The molecule has 2 aromatic carbocycles. The van der Waals surface area contributed by atoms with Crippen LogP contribution in [0.3, 0.4) is 0 Å².